The first kappa shape index (κ1) is 13.7. The molecule has 100 valence electrons. The number of nitrogens with zero attached hydrogens (tertiary/aromatic N) is 2. The number of ether oxygens (including phenoxy) is 3. The van der Waals surface area contributed by atoms with Gasteiger partial charge in [0.15, 0.2) is 5.82 Å². The Morgan fingerprint density at radius 2 is 2.28 bits per heavy atom. The third kappa shape index (κ3) is 2.97. The minimum Gasteiger partial charge on any atom is -0.378 e. The van der Waals surface area contributed by atoms with Crippen molar-refractivity contribution in [3.05, 3.63) is 16.0 Å². The summed E-state index contributed by atoms with van der Waals surface area (Å²) in [5, 5.41) is 3.02. The third-order valence-corrected chi connectivity index (χ3v) is 3.39. The van der Waals surface area contributed by atoms with Crippen LogP contribution in [-0.2, 0) is 20.8 Å². The number of anilines is 1. The lowest BCUT2D eigenvalue weighted by atomic mass is 10.3. The van der Waals surface area contributed by atoms with Gasteiger partial charge in [0.05, 0.1) is 36.6 Å². The predicted octanol–water partition coefficient (Wildman–Crippen LogP) is 1.52. The number of rotatable bonds is 4. The van der Waals surface area contributed by atoms with E-state index in [-0.39, 0.29) is 6.10 Å². The summed E-state index contributed by atoms with van der Waals surface area (Å²) in [6.07, 6.45) is -0.213. The molecule has 1 aromatic heterocycles. The molecule has 0 amide bonds. The van der Waals surface area contributed by atoms with Crippen LogP contribution in [0.25, 0.3) is 0 Å². The van der Waals surface area contributed by atoms with Gasteiger partial charge in [-0.05, 0) is 15.9 Å². The van der Waals surface area contributed by atoms with Gasteiger partial charge in [0, 0.05) is 14.2 Å². The summed E-state index contributed by atoms with van der Waals surface area (Å²) < 4.78 is 16.9. The summed E-state index contributed by atoms with van der Waals surface area (Å²) in [5.74, 6) is 1.34. The molecule has 0 spiro atoms. The quantitative estimate of drug-likeness (QED) is 0.908. The van der Waals surface area contributed by atoms with E-state index in [9.17, 15) is 0 Å². The van der Waals surface area contributed by atoms with Crippen LogP contribution in [0.2, 0.25) is 0 Å². The maximum atomic E-state index is 5.60. The summed E-state index contributed by atoms with van der Waals surface area (Å²) in [6.45, 7) is 2.09. The van der Waals surface area contributed by atoms with Crippen LogP contribution >= 0.6 is 15.9 Å². The van der Waals surface area contributed by atoms with Crippen LogP contribution in [-0.4, -0.2) is 43.9 Å². The topological polar surface area (TPSA) is 65.5 Å². The van der Waals surface area contributed by atoms with Gasteiger partial charge < -0.3 is 19.5 Å². The average Bonchev–Trinajstić information content (AvgIpc) is 2.42. The molecule has 18 heavy (non-hydrogen) atoms. The smallest absolute Gasteiger partial charge is 0.162 e. The second-order valence-corrected chi connectivity index (χ2v) is 4.60. The fraction of sp³-hybridized carbons (Fsp3) is 0.636. The van der Waals surface area contributed by atoms with Crippen molar-refractivity contribution in [2.24, 2.45) is 0 Å². The first-order valence-corrected chi connectivity index (χ1v) is 6.48. The molecule has 0 aliphatic carbocycles. The molecule has 0 bridgehead atoms. The van der Waals surface area contributed by atoms with E-state index in [4.69, 9.17) is 14.2 Å². The van der Waals surface area contributed by atoms with Gasteiger partial charge in [-0.15, -0.1) is 0 Å². The van der Waals surface area contributed by atoms with Gasteiger partial charge in [-0.2, -0.15) is 0 Å². The van der Waals surface area contributed by atoms with E-state index >= 15 is 0 Å². The van der Waals surface area contributed by atoms with Gasteiger partial charge in [0.2, 0.25) is 0 Å². The van der Waals surface area contributed by atoms with Crippen LogP contribution in [0.1, 0.15) is 17.6 Å². The van der Waals surface area contributed by atoms with E-state index in [2.05, 4.69) is 31.2 Å². The summed E-state index contributed by atoms with van der Waals surface area (Å²) in [5.41, 5.74) is 0.793. The molecule has 1 N–H and O–H groups in total. The molecule has 1 unspecified atom stereocenters. The van der Waals surface area contributed by atoms with Crippen molar-refractivity contribution in [3.63, 3.8) is 0 Å². The standard InChI is InChI=1S/C11H16BrN3O3/c1-13-11-9(12)7(5-16-2)14-10(15-11)8-6-17-3-4-18-8/h8H,3-6H2,1-2H3,(H,13,14,15). The highest BCUT2D eigenvalue weighted by molar-refractivity contribution is 9.10. The Morgan fingerprint density at radius 3 is 2.89 bits per heavy atom. The molecule has 7 heteroatoms. The van der Waals surface area contributed by atoms with Gasteiger partial charge in [0.1, 0.15) is 11.9 Å². The maximum Gasteiger partial charge on any atom is 0.162 e. The fourth-order valence-electron chi connectivity index (χ4n) is 1.69. The van der Waals surface area contributed by atoms with Crippen LogP contribution in [0, 0.1) is 0 Å². The second-order valence-electron chi connectivity index (χ2n) is 3.81. The highest BCUT2D eigenvalue weighted by Crippen LogP contribution is 2.27. The lowest BCUT2D eigenvalue weighted by Crippen LogP contribution is -2.24. The molecule has 1 fully saturated rings. The van der Waals surface area contributed by atoms with E-state index in [1.165, 1.54) is 0 Å². The molecule has 6 nitrogen and oxygen atoms in total. The van der Waals surface area contributed by atoms with Crippen molar-refractivity contribution in [2.75, 3.05) is 39.3 Å². The number of aromatic nitrogens is 2. The highest BCUT2D eigenvalue weighted by Gasteiger charge is 2.22. The van der Waals surface area contributed by atoms with Gasteiger partial charge >= 0.3 is 0 Å². The molecule has 0 aromatic carbocycles. The number of hydrogen-bond donors (Lipinski definition) is 1. The Hall–Kier alpha value is -0.760. The van der Waals surface area contributed by atoms with E-state index in [0.29, 0.717) is 32.3 Å². The SMILES string of the molecule is CNc1nc(C2COCCO2)nc(COC)c1Br. The second kappa shape index (κ2) is 6.42. The van der Waals surface area contributed by atoms with Crippen LogP contribution in [0.5, 0.6) is 0 Å². The summed E-state index contributed by atoms with van der Waals surface area (Å²) in [7, 11) is 3.44. The van der Waals surface area contributed by atoms with Crippen LogP contribution in [0.15, 0.2) is 4.47 Å². The summed E-state index contributed by atoms with van der Waals surface area (Å²) in [6, 6.07) is 0. The molecule has 1 aliphatic rings. The normalized spacial score (nSPS) is 19.8. The Kier molecular flexibility index (Phi) is 4.87. The first-order chi connectivity index (χ1) is 8.76. The van der Waals surface area contributed by atoms with Gasteiger partial charge in [-0.3, -0.25) is 0 Å². The van der Waals surface area contributed by atoms with Crippen molar-refractivity contribution in [2.45, 2.75) is 12.7 Å². The van der Waals surface area contributed by atoms with E-state index in [1.54, 1.807) is 7.11 Å². The lowest BCUT2D eigenvalue weighted by molar-refractivity contribution is -0.0936. The number of methoxy groups -OCH3 is 1. The fourth-order valence-corrected chi connectivity index (χ4v) is 2.18. The maximum absolute atomic E-state index is 5.60. The molecule has 0 saturated carbocycles. The van der Waals surface area contributed by atoms with Crippen LogP contribution in [0.4, 0.5) is 5.82 Å². The highest BCUT2D eigenvalue weighted by atomic mass is 79.9. The Labute approximate surface area is 114 Å². The zero-order valence-electron chi connectivity index (χ0n) is 10.4. The number of nitrogens with one attached hydrogen (secondary N) is 1. The largest absolute Gasteiger partial charge is 0.378 e. The van der Waals surface area contributed by atoms with Gasteiger partial charge in [0.25, 0.3) is 0 Å². The zero-order valence-corrected chi connectivity index (χ0v) is 12.0. The van der Waals surface area contributed by atoms with Gasteiger partial charge in [-0.25, -0.2) is 9.97 Å². The monoisotopic (exact) mass is 317 g/mol. The summed E-state index contributed by atoms with van der Waals surface area (Å²) in [4.78, 5) is 8.89. The van der Waals surface area contributed by atoms with E-state index in [1.807, 2.05) is 7.05 Å². The number of halogens is 1. The van der Waals surface area contributed by atoms with Crippen molar-refractivity contribution >= 4 is 21.7 Å². The molecule has 2 heterocycles. The molecule has 2 rings (SSSR count). The van der Waals surface area contributed by atoms with Crippen molar-refractivity contribution in [3.8, 4) is 0 Å². The minimum absolute atomic E-state index is 0.213. The molecule has 1 atom stereocenters. The summed E-state index contributed by atoms with van der Waals surface area (Å²) >= 11 is 3.46. The molecule has 0 radical (unpaired) electrons. The molecule has 1 saturated heterocycles. The minimum atomic E-state index is -0.213. The van der Waals surface area contributed by atoms with E-state index < -0.39 is 0 Å². The Bertz CT molecular complexity index is 411. The molecule has 1 aromatic rings. The molecule has 1 aliphatic heterocycles. The first-order valence-electron chi connectivity index (χ1n) is 5.68. The lowest BCUT2D eigenvalue weighted by Gasteiger charge is -2.22. The van der Waals surface area contributed by atoms with Gasteiger partial charge in [-0.1, -0.05) is 0 Å². The van der Waals surface area contributed by atoms with Crippen molar-refractivity contribution < 1.29 is 14.2 Å². The Balaban J connectivity index is 2.31. The predicted molar refractivity (Wildman–Crippen MR) is 69.5 cm³/mol. The third-order valence-electron chi connectivity index (χ3n) is 2.56. The molecular weight excluding hydrogens is 302 g/mol. The Morgan fingerprint density at radius 1 is 1.44 bits per heavy atom. The average molecular weight is 318 g/mol. The van der Waals surface area contributed by atoms with Crippen molar-refractivity contribution in [1.29, 1.82) is 0 Å². The molecular formula is C11H16BrN3O3. The van der Waals surface area contributed by atoms with Crippen molar-refractivity contribution in [1.82, 2.24) is 9.97 Å². The van der Waals surface area contributed by atoms with Crippen LogP contribution < -0.4 is 5.32 Å². The van der Waals surface area contributed by atoms with E-state index in [0.717, 1.165) is 16.0 Å². The zero-order chi connectivity index (χ0) is 13.0. The number of hydrogen-bond acceptors (Lipinski definition) is 6. The van der Waals surface area contributed by atoms with Crippen LogP contribution in [0.3, 0.4) is 0 Å².